The minimum Gasteiger partial charge on any atom is -0.310 e. The second kappa shape index (κ2) is 4.85. The zero-order chi connectivity index (χ0) is 11.4. The number of halogens is 1. The molecule has 0 unspecified atom stereocenters. The zero-order valence-electron chi connectivity index (χ0n) is 9.02. The van der Waals surface area contributed by atoms with E-state index in [0.29, 0.717) is 18.1 Å². The highest BCUT2D eigenvalue weighted by Crippen LogP contribution is 2.12. The molecule has 0 aliphatic rings. The predicted molar refractivity (Wildman–Crippen MR) is 58.7 cm³/mol. The highest BCUT2D eigenvalue weighted by Gasteiger charge is 2.09. The summed E-state index contributed by atoms with van der Waals surface area (Å²) in [5.41, 5.74) is 0.424. The van der Waals surface area contributed by atoms with E-state index in [-0.39, 0.29) is 5.82 Å². The van der Waals surface area contributed by atoms with Gasteiger partial charge in [0.15, 0.2) is 0 Å². The number of hydrogen-bond donors (Lipinski definition) is 1. The molecule has 0 aliphatic heterocycles. The summed E-state index contributed by atoms with van der Waals surface area (Å²) in [7, 11) is 0. The van der Waals surface area contributed by atoms with Gasteiger partial charge in [-0.25, -0.2) is 14.1 Å². The number of hydrogen-bond acceptors (Lipinski definition) is 3. The van der Waals surface area contributed by atoms with E-state index >= 15 is 0 Å². The molecule has 5 heteroatoms. The monoisotopic (exact) mass is 220 g/mol. The van der Waals surface area contributed by atoms with Gasteiger partial charge in [-0.1, -0.05) is 19.1 Å². The van der Waals surface area contributed by atoms with Crippen LogP contribution in [0.3, 0.4) is 0 Å². The van der Waals surface area contributed by atoms with Crippen molar-refractivity contribution in [3.05, 3.63) is 42.2 Å². The molecule has 16 heavy (non-hydrogen) atoms. The van der Waals surface area contributed by atoms with Crippen molar-refractivity contribution in [2.45, 2.75) is 13.5 Å². The molecule has 1 N–H and O–H groups in total. The Kier molecular flexibility index (Phi) is 3.26. The second-order valence-corrected chi connectivity index (χ2v) is 3.32. The molecule has 0 fully saturated rings. The van der Waals surface area contributed by atoms with Gasteiger partial charge >= 0.3 is 0 Å². The standard InChI is InChI=1S/C11H13FN4/c1-2-13-7-11-14-8-15-16(11)10-6-4-3-5-9(10)12/h3-6,8,13H,2,7H2,1H3. The lowest BCUT2D eigenvalue weighted by atomic mass is 10.3. The first kappa shape index (κ1) is 10.8. The van der Waals surface area contributed by atoms with E-state index in [0.717, 1.165) is 6.54 Å². The molecule has 0 amide bonds. The number of nitrogens with zero attached hydrogens (tertiary/aromatic N) is 3. The Morgan fingerprint density at radius 1 is 1.38 bits per heavy atom. The molecule has 84 valence electrons. The van der Waals surface area contributed by atoms with Crippen molar-refractivity contribution >= 4 is 0 Å². The molecule has 1 heterocycles. The van der Waals surface area contributed by atoms with Crippen molar-refractivity contribution in [2.24, 2.45) is 0 Å². The molecule has 2 aromatic rings. The first-order valence-electron chi connectivity index (χ1n) is 5.17. The Balaban J connectivity index is 2.33. The maximum atomic E-state index is 13.5. The van der Waals surface area contributed by atoms with E-state index in [2.05, 4.69) is 15.4 Å². The molecular formula is C11H13FN4. The van der Waals surface area contributed by atoms with Gasteiger partial charge in [0.05, 0.1) is 6.54 Å². The molecule has 0 atom stereocenters. The third-order valence-corrected chi connectivity index (χ3v) is 2.23. The molecule has 0 spiro atoms. The van der Waals surface area contributed by atoms with Crippen LogP contribution < -0.4 is 5.32 Å². The number of nitrogens with one attached hydrogen (secondary N) is 1. The normalized spacial score (nSPS) is 10.6. The summed E-state index contributed by atoms with van der Waals surface area (Å²) in [6.45, 7) is 3.42. The number of rotatable bonds is 4. The van der Waals surface area contributed by atoms with Gasteiger partial charge in [0.25, 0.3) is 0 Å². The smallest absolute Gasteiger partial charge is 0.148 e. The van der Waals surface area contributed by atoms with Crippen molar-refractivity contribution in [2.75, 3.05) is 6.54 Å². The second-order valence-electron chi connectivity index (χ2n) is 3.32. The molecule has 0 bridgehead atoms. The van der Waals surface area contributed by atoms with Crippen LogP contribution in [0.1, 0.15) is 12.7 Å². The molecular weight excluding hydrogens is 207 g/mol. The lowest BCUT2D eigenvalue weighted by Crippen LogP contribution is -2.16. The van der Waals surface area contributed by atoms with Gasteiger partial charge in [0.2, 0.25) is 0 Å². The number of aromatic nitrogens is 3. The quantitative estimate of drug-likeness (QED) is 0.849. The summed E-state index contributed by atoms with van der Waals surface area (Å²) >= 11 is 0. The highest BCUT2D eigenvalue weighted by atomic mass is 19.1. The summed E-state index contributed by atoms with van der Waals surface area (Å²) in [5, 5.41) is 7.16. The van der Waals surface area contributed by atoms with Gasteiger partial charge in [0.1, 0.15) is 23.7 Å². The van der Waals surface area contributed by atoms with Crippen LogP contribution in [0.5, 0.6) is 0 Å². The molecule has 2 rings (SSSR count). The van der Waals surface area contributed by atoms with Crippen LogP contribution in [0.15, 0.2) is 30.6 Å². The Morgan fingerprint density at radius 3 is 2.94 bits per heavy atom. The van der Waals surface area contributed by atoms with Gasteiger partial charge < -0.3 is 5.32 Å². The maximum absolute atomic E-state index is 13.5. The first-order chi connectivity index (χ1) is 7.83. The van der Waals surface area contributed by atoms with E-state index in [1.54, 1.807) is 18.2 Å². The summed E-state index contributed by atoms with van der Waals surface area (Å²) in [6.07, 6.45) is 1.43. The average Bonchev–Trinajstić information content (AvgIpc) is 2.75. The van der Waals surface area contributed by atoms with Crippen LogP contribution in [-0.2, 0) is 6.54 Å². The van der Waals surface area contributed by atoms with Crippen molar-refractivity contribution < 1.29 is 4.39 Å². The summed E-state index contributed by atoms with van der Waals surface area (Å²) in [5.74, 6) is 0.401. The van der Waals surface area contributed by atoms with E-state index in [9.17, 15) is 4.39 Å². The summed E-state index contributed by atoms with van der Waals surface area (Å²) in [6, 6.07) is 6.52. The number of para-hydroxylation sites is 1. The lowest BCUT2D eigenvalue weighted by molar-refractivity contribution is 0.597. The van der Waals surface area contributed by atoms with Gasteiger partial charge in [-0.2, -0.15) is 5.10 Å². The molecule has 1 aromatic carbocycles. The van der Waals surface area contributed by atoms with Crippen molar-refractivity contribution in [3.8, 4) is 5.69 Å². The molecule has 4 nitrogen and oxygen atoms in total. The fourth-order valence-electron chi connectivity index (χ4n) is 1.45. The van der Waals surface area contributed by atoms with Crippen molar-refractivity contribution in [1.82, 2.24) is 20.1 Å². The van der Waals surface area contributed by atoms with Crippen molar-refractivity contribution in [1.29, 1.82) is 0 Å². The van der Waals surface area contributed by atoms with Crippen LogP contribution in [-0.4, -0.2) is 21.3 Å². The van der Waals surface area contributed by atoms with Crippen molar-refractivity contribution in [3.63, 3.8) is 0 Å². The summed E-state index contributed by atoms with van der Waals surface area (Å²) in [4.78, 5) is 4.09. The first-order valence-corrected chi connectivity index (χ1v) is 5.17. The van der Waals surface area contributed by atoms with E-state index in [4.69, 9.17) is 0 Å². The Labute approximate surface area is 93.1 Å². The minimum atomic E-state index is -0.300. The third kappa shape index (κ3) is 2.09. The topological polar surface area (TPSA) is 42.7 Å². The Morgan fingerprint density at radius 2 is 2.19 bits per heavy atom. The predicted octanol–water partition coefficient (Wildman–Crippen LogP) is 1.52. The fourth-order valence-corrected chi connectivity index (χ4v) is 1.45. The maximum Gasteiger partial charge on any atom is 0.148 e. The van der Waals surface area contributed by atoms with Crippen LogP contribution in [0.4, 0.5) is 4.39 Å². The largest absolute Gasteiger partial charge is 0.310 e. The van der Waals surface area contributed by atoms with Gasteiger partial charge in [0, 0.05) is 0 Å². The third-order valence-electron chi connectivity index (χ3n) is 2.23. The van der Waals surface area contributed by atoms with Crippen LogP contribution in [0.2, 0.25) is 0 Å². The molecule has 1 aromatic heterocycles. The van der Waals surface area contributed by atoms with E-state index in [1.165, 1.54) is 17.1 Å². The van der Waals surface area contributed by atoms with Gasteiger partial charge in [-0.3, -0.25) is 0 Å². The van der Waals surface area contributed by atoms with Crippen LogP contribution in [0.25, 0.3) is 5.69 Å². The van der Waals surface area contributed by atoms with Gasteiger partial charge in [-0.15, -0.1) is 0 Å². The Hall–Kier alpha value is -1.75. The molecule has 0 aliphatic carbocycles. The highest BCUT2D eigenvalue weighted by molar-refractivity contribution is 5.32. The fraction of sp³-hybridized carbons (Fsp3) is 0.273. The van der Waals surface area contributed by atoms with Crippen LogP contribution >= 0.6 is 0 Å². The number of benzene rings is 1. The SMILES string of the molecule is CCNCc1ncnn1-c1ccccc1F. The van der Waals surface area contributed by atoms with E-state index < -0.39 is 0 Å². The van der Waals surface area contributed by atoms with Gasteiger partial charge in [-0.05, 0) is 18.7 Å². The molecule has 0 saturated heterocycles. The molecule has 0 radical (unpaired) electrons. The Bertz CT molecular complexity index is 467. The lowest BCUT2D eigenvalue weighted by Gasteiger charge is -2.06. The summed E-state index contributed by atoms with van der Waals surface area (Å²) < 4.78 is 15.1. The van der Waals surface area contributed by atoms with Crippen LogP contribution in [0, 0.1) is 5.82 Å². The zero-order valence-corrected chi connectivity index (χ0v) is 9.02. The average molecular weight is 220 g/mol. The minimum absolute atomic E-state index is 0.300. The molecule has 0 saturated carbocycles. The van der Waals surface area contributed by atoms with E-state index in [1.807, 2.05) is 6.92 Å².